The van der Waals surface area contributed by atoms with Crippen molar-refractivity contribution >= 4 is 11.6 Å². The Labute approximate surface area is 94.4 Å². The molecule has 2 nitrogen and oxygen atoms in total. The standard InChI is InChI=1S/C11H15ClFNO/c1-3-14-7-8(2)15-9-4-5-10(12)11(13)6-9/h4-6,8,14H,3,7H2,1-2H3. The minimum Gasteiger partial charge on any atom is -0.489 e. The Kier molecular flexibility index (Phi) is 4.85. The Morgan fingerprint density at radius 3 is 2.87 bits per heavy atom. The lowest BCUT2D eigenvalue weighted by molar-refractivity contribution is 0.217. The van der Waals surface area contributed by atoms with Crippen molar-refractivity contribution in [2.24, 2.45) is 0 Å². The van der Waals surface area contributed by atoms with Crippen molar-refractivity contribution in [3.05, 3.63) is 29.0 Å². The molecule has 1 N–H and O–H groups in total. The molecule has 0 aromatic heterocycles. The van der Waals surface area contributed by atoms with Gasteiger partial charge in [0, 0.05) is 12.6 Å². The lowest BCUT2D eigenvalue weighted by Crippen LogP contribution is -2.28. The van der Waals surface area contributed by atoms with Crippen molar-refractivity contribution in [2.75, 3.05) is 13.1 Å². The molecular formula is C11H15ClFNO. The van der Waals surface area contributed by atoms with Gasteiger partial charge in [0.25, 0.3) is 0 Å². The molecular weight excluding hydrogens is 217 g/mol. The van der Waals surface area contributed by atoms with Gasteiger partial charge in [-0.15, -0.1) is 0 Å². The van der Waals surface area contributed by atoms with Crippen molar-refractivity contribution in [3.63, 3.8) is 0 Å². The van der Waals surface area contributed by atoms with E-state index in [1.807, 2.05) is 13.8 Å². The second-order valence-electron chi connectivity index (χ2n) is 3.31. The zero-order chi connectivity index (χ0) is 11.3. The predicted molar refractivity (Wildman–Crippen MR) is 60.0 cm³/mol. The van der Waals surface area contributed by atoms with E-state index in [9.17, 15) is 4.39 Å². The molecule has 0 saturated heterocycles. The fourth-order valence-electron chi connectivity index (χ4n) is 1.17. The largest absolute Gasteiger partial charge is 0.489 e. The zero-order valence-electron chi connectivity index (χ0n) is 8.89. The fourth-order valence-corrected chi connectivity index (χ4v) is 1.29. The summed E-state index contributed by atoms with van der Waals surface area (Å²) in [6.45, 7) is 5.58. The Balaban J connectivity index is 2.53. The van der Waals surface area contributed by atoms with E-state index in [1.54, 1.807) is 6.07 Å². The maximum atomic E-state index is 13.1. The monoisotopic (exact) mass is 231 g/mol. The summed E-state index contributed by atoms with van der Waals surface area (Å²) in [7, 11) is 0. The lowest BCUT2D eigenvalue weighted by Gasteiger charge is -2.14. The summed E-state index contributed by atoms with van der Waals surface area (Å²) in [5.74, 6) is 0.0483. The van der Waals surface area contributed by atoms with Crippen LogP contribution in [0.5, 0.6) is 5.75 Å². The molecule has 0 aliphatic carbocycles. The molecule has 0 bridgehead atoms. The third-order valence-electron chi connectivity index (χ3n) is 1.91. The van der Waals surface area contributed by atoms with Gasteiger partial charge < -0.3 is 10.1 Å². The van der Waals surface area contributed by atoms with Crippen molar-refractivity contribution in [2.45, 2.75) is 20.0 Å². The van der Waals surface area contributed by atoms with Crippen molar-refractivity contribution < 1.29 is 9.13 Å². The quantitative estimate of drug-likeness (QED) is 0.842. The number of likely N-dealkylation sites (N-methyl/N-ethyl adjacent to an activating group) is 1. The van der Waals surface area contributed by atoms with Crippen molar-refractivity contribution in [1.82, 2.24) is 5.32 Å². The second-order valence-corrected chi connectivity index (χ2v) is 3.72. The average molecular weight is 232 g/mol. The average Bonchev–Trinajstić information content (AvgIpc) is 2.20. The minimum atomic E-state index is -0.454. The van der Waals surface area contributed by atoms with Gasteiger partial charge in [-0.2, -0.15) is 0 Å². The lowest BCUT2D eigenvalue weighted by atomic mass is 10.3. The Hall–Kier alpha value is -0.800. The van der Waals surface area contributed by atoms with E-state index in [-0.39, 0.29) is 11.1 Å². The van der Waals surface area contributed by atoms with Crippen molar-refractivity contribution in [1.29, 1.82) is 0 Å². The summed E-state index contributed by atoms with van der Waals surface area (Å²) in [4.78, 5) is 0. The minimum absolute atomic E-state index is 0.00512. The number of hydrogen-bond donors (Lipinski definition) is 1. The Morgan fingerprint density at radius 1 is 1.53 bits per heavy atom. The smallest absolute Gasteiger partial charge is 0.145 e. The molecule has 84 valence electrons. The van der Waals surface area contributed by atoms with E-state index in [0.717, 1.165) is 13.1 Å². The van der Waals surface area contributed by atoms with E-state index in [2.05, 4.69) is 5.32 Å². The van der Waals surface area contributed by atoms with Gasteiger partial charge in [-0.25, -0.2) is 4.39 Å². The Bertz CT molecular complexity index is 319. The summed E-state index contributed by atoms with van der Waals surface area (Å²) in [5, 5.41) is 3.26. The molecule has 0 heterocycles. The normalized spacial score (nSPS) is 12.5. The zero-order valence-corrected chi connectivity index (χ0v) is 9.64. The van der Waals surface area contributed by atoms with Crippen LogP contribution in [0, 0.1) is 5.82 Å². The summed E-state index contributed by atoms with van der Waals surface area (Å²) in [5.41, 5.74) is 0. The molecule has 0 aliphatic rings. The molecule has 0 aliphatic heterocycles. The van der Waals surface area contributed by atoms with Crippen LogP contribution in [0.1, 0.15) is 13.8 Å². The van der Waals surface area contributed by atoms with Gasteiger partial charge in [-0.05, 0) is 25.6 Å². The van der Waals surface area contributed by atoms with Crippen LogP contribution in [0.4, 0.5) is 4.39 Å². The van der Waals surface area contributed by atoms with Gasteiger partial charge in [-0.3, -0.25) is 0 Å². The van der Waals surface area contributed by atoms with Gasteiger partial charge in [0.05, 0.1) is 5.02 Å². The highest BCUT2D eigenvalue weighted by Crippen LogP contribution is 2.20. The molecule has 0 saturated carbocycles. The summed E-state index contributed by atoms with van der Waals surface area (Å²) in [6, 6.07) is 4.45. The molecule has 15 heavy (non-hydrogen) atoms. The molecule has 0 amide bonds. The summed E-state index contributed by atoms with van der Waals surface area (Å²) < 4.78 is 18.5. The molecule has 1 aromatic carbocycles. The van der Waals surface area contributed by atoms with Crippen LogP contribution in [-0.2, 0) is 0 Å². The summed E-state index contributed by atoms with van der Waals surface area (Å²) >= 11 is 5.56. The highest BCUT2D eigenvalue weighted by Gasteiger charge is 2.05. The first-order chi connectivity index (χ1) is 7.13. The number of hydrogen-bond acceptors (Lipinski definition) is 2. The molecule has 1 aromatic rings. The molecule has 0 spiro atoms. The Morgan fingerprint density at radius 2 is 2.27 bits per heavy atom. The van der Waals surface area contributed by atoms with E-state index in [1.165, 1.54) is 12.1 Å². The van der Waals surface area contributed by atoms with Crippen LogP contribution >= 0.6 is 11.6 Å². The molecule has 4 heteroatoms. The van der Waals surface area contributed by atoms with Crippen molar-refractivity contribution in [3.8, 4) is 5.75 Å². The first-order valence-corrected chi connectivity index (χ1v) is 5.33. The van der Waals surface area contributed by atoms with Crippen LogP contribution in [-0.4, -0.2) is 19.2 Å². The van der Waals surface area contributed by atoms with E-state index in [0.29, 0.717) is 5.75 Å². The molecule has 1 unspecified atom stereocenters. The van der Waals surface area contributed by atoms with E-state index >= 15 is 0 Å². The number of benzene rings is 1. The molecule has 0 radical (unpaired) electrons. The van der Waals surface area contributed by atoms with Crippen LogP contribution < -0.4 is 10.1 Å². The molecule has 0 fully saturated rings. The van der Waals surface area contributed by atoms with Gasteiger partial charge in [-0.1, -0.05) is 18.5 Å². The number of ether oxygens (including phenoxy) is 1. The number of nitrogens with one attached hydrogen (secondary N) is 1. The van der Waals surface area contributed by atoms with Crippen LogP contribution in [0.15, 0.2) is 18.2 Å². The first kappa shape index (κ1) is 12.3. The van der Waals surface area contributed by atoms with Crippen LogP contribution in [0.2, 0.25) is 5.02 Å². The van der Waals surface area contributed by atoms with Gasteiger partial charge in [0.2, 0.25) is 0 Å². The number of halogens is 2. The second kappa shape index (κ2) is 5.93. The highest BCUT2D eigenvalue weighted by atomic mass is 35.5. The maximum Gasteiger partial charge on any atom is 0.145 e. The van der Waals surface area contributed by atoms with E-state index in [4.69, 9.17) is 16.3 Å². The van der Waals surface area contributed by atoms with Crippen LogP contribution in [0.3, 0.4) is 0 Å². The topological polar surface area (TPSA) is 21.3 Å². The fraction of sp³-hybridized carbons (Fsp3) is 0.455. The highest BCUT2D eigenvalue weighted by molar-refractivity contribution is 6.30. The van der Waals surface area contributed by atoms with E-state index < -0.39 is 5.82 Å². The third-order valence-corrected chi connectivity index (χ3v) is 2.22. The van der Waals surface area contributed by atoms with Gasteiger partial charge in [0.1, 0.15) is 17.7 Å². The SMILES string of the molecule is CCNCC(C)Oc1ccc(Cl)c(F)c1. The molecule has 1 atom stereocenters. The first-order valence-electron chi connectivity index (χ1n) is 4.96. The maximum absolute atomic E-state index is 13.1. The van der Waals surface area contributed by atoms with Crippen LogP contribution in [0.25, 0.3) is 0 Å². The van der Waals surface area contributed by atoms with Gasteiger partial charge >= 0.3 is 0 Å². The van der Waals surface area contributed by atoms with Gasteiger partial charge in [0.15, 0.2) is 0 Å². The third kappa shape index (κ3) is 4.06. The predicted octanol–water partition coefficient (Wildman–Crippen LogP) is 2.86. The number of rotatable bonds is 5. The molecule has 1 rings (SSSR count). The summed E-state index contributed by atoms with van der Waals surface area (Å²) in [6.07, 6.45) is 0.00512.